The molecule has 0 fully saturated rings. The van der Waals surface area contributed by atoms with Gasteiger partial charge < -0.3 is 14.6 Å². The Bertz CT molecular complexity index is 664. The third-order valence-electron chi connectivity index (χ3n) is 2.78. The maximum Gasteiger partial charge on any atom is 0.339 e. The number of nitrogens with one attached hydrogen (secondary N) is 1. The van der Waals surface area contributed by atoms with Gasteiger partial charge >= 0.3 is 5.97 Å². The average Bonchev–Trinajstić information content (AvgIpc) is 2.77. The van der Waals surface area contributed by atoms with Gasteiger partial charge in [-0.05, 0) is 18.2 Å². The molecular formula is C14H13ClN2O3. The van der Waals surface area contributed by atoms with Gasteiger partial charge in [0.15, 0.2) is 0 Å². The van der Waals surface area contributed by atoms with Crippen molar-refractivity contribution in [1.82, 2.24) is 4.57 Å². The first-order valence-corrected chi connectivity index (χ1v) is 6.21. The van der Waals surface area contributed by atoms with Crippen LogP contribution in [0.25, 0.3) is 0 Å². The summed E-state index contributed by atoms with van der Waals surface area (Å²) in [5.74, 6) is -0.860. The largest absolute Gasteiger partial charge is 0.465 e. The van der Waals surface area contributed by atoms with Crippen LogP contribution >= 0.6 is 11.6 Å². The SMILES string of the molecule is COC(=O)c1ccccc1NC(=O)c1cc(Cl)cn1C. The van der Waals surface area contributed by atoms with Gasteiger partial charge in [-0.3, -0.25) is 4.79 Å². The maximum absolute atomic E-state index is 12.2. The number of methoxy groups -OCH3 is 1. The van der Waals surface area contributed by atoms with Gasteiger partial charge in [0.25, 0.3) is 5.91 Å². The van der Waals surface area contributed by atoms with Crippen LogP contribution in [0.2, 0.25) is 5.02 Å². The molecule has 1 N–H and O–H groups in total. The molecule has 1 amide bonds. The number of para-hydroxylation sites is 1. The lowest BCUT2D eigenvalue weighted by molar-refractivity contribution is 0.0602. The second-order valence-corrected chi connectivity index (χ2v) is 4.58. The molecule has 0 aliphatic carbocycles. The fourth-order valence-corrected chi connectivity index (χ4v) is 2.07. The number of esters is 1. The molecule has 20 heavy (non-hydrogen) atoms. The van der Waals surface area contributed by atoms with Crippen molar-refractivity contribution in [3.63, 3.8) is 0 Å². The number of hydrogen-bond acceptors (Lipinski definition) is 3. The third kappa shape index (κ3) is 2.83. The van der Waals surface area contributed by atoms with E-state index in [2.05, 4.69) is 10.1 Å². The quantitative estimate of drug-likeness (QED) is 0.885. The number of amides is 1. The Balaban J connectivity index is 2.29. The van der Waals surface area contributed by atoms with Gasteiger partial charge in [0, 0.05) is 13.2 Å². The molecule has 2 rings (SSSR count). The molecule has 6 heteroatoms. The number of carbonyl (C=O) groups excluding carboxylic acids is 2. The molecule has 5 nitrogen and oxygen atoms in total. The highest BCUT2D eigenvalue weighted by Gasteiger charge is 2.16. The van der Waals surface area contributed by atoms with Gasteiger partial charge in [0.2, 0.25) is 0 Å². The molecule has 0 bridgehead atoms. The number of carbonyl (C=O) groups is 2. The van der Waals surface area contributed by atoms with E-state index in [4.69, 9.17) is 11.6 Å². The Hall–Kier alpha value is -2.27. The fraction of sp³-hybridized carbons (Fsp3) is 0.143. The summed E-state index contributed by atoms with van der Waals surface area (Å²) in [4.78, 5) is 23.8. The van der Waals surface area contributed by atoms with Crippen molar-refractivity contribution in [1.29, 1.82) is 0 Å². The standard InChI is InChI=1S/C14H13ClN2O3/c1-17-8-9(15)7-12(17)13(18)16-11-6-4-3-5-10(11)14(19)20-2/h3-8H,1-2H3,(H,16,18). The molecule has 0 atom stereocenters. The van der Waals surface area contributed by atoms with Crippen LogP contribution in [0.4, 0.5) is 5.69 Å². The Labute approximate surface area is 121 Å². The number of anilines is 1. The van der Waals surface area contributed by atoms with E-state index in [9.17, 15) is 9.59 Å². The lowest BCUT2D eigenvalue weighted by atomic mass is 10.1. The summed E-state index contributed by atoms with van der Waals surface area (Å²) in [6, 6.07) is 8.19. The first kappa shape index (κ1) is 14.1. The van der Waals surface area contributed by atoms with Gasteiger partial charge in [-0.1, -0.05) is 23.7 Å². The van der Waals surface area contributed by atoms with Crippen LogP contribution in [-0.4, -0.2) is 23.6 Å². The van der Waals surface area contributed by atoms with Crippen molar-refractivity contribution in [2.45, 2.75) is 0 Å². The minimum atomic E-state index is -0.509. The highest BCUT2D eigenvalue weighted by molar-refractivity contribution is 6.31. The second-order valence-electron chi connectivity index (χ2n) is 4.15. The predicted octanol–water partition coefficient (Wildman–Crippen LogP) is 2.72. The van der Waals surface area contributed by atoms with E-state index < -0.39 is 5.97 Å². The van der Waals surface area contributed by atoms with Gasteiger partial charge in [-0.15, -0.1) is 0 Å². The Morgan fingerprint density at radius 3 is 2.60 bits per heavy atom. The smallest absolute Gasteiger partial charge is 0.339 e. The summed E-state index contributed by atoms with van der Waals surface area (Å²) in [6.07, 6.45) is 1.63. The molecule has 1 aromatic heterocycles. The molecule has 1 heterocycles. The predicted molar refractivity (Wildman–Crippen MR) is 76.2 cm³/mol. The molecular weight excluding hydrogens is 280 g/mol. The molecule has 1 aromatic carbocycles. The minimum absolute atomic E-state index is 0.295. The van der Waals surface area contributed by atoms with E-state index in [1.165, 1.54) is 7.11 Å². The van der Waals surface area contributed by atoms with Crippen molar-refractivity contribution in [2.24, 2.45) is 7.05 Å². The fourth-order valence-electron chi connectivity index (χ4n) is 1.82. The van der Waals surface area contributed by atoms with E-state index in [0.717, 1.165) is 0 Å². The zero-order valence-electron chi connectivity index (χ0n) is 11.0. The van der Waals surface area contributed by atoms with Gasteiger partial charge in [-0.2, -0.15) is 0 Å². The lowest BCUT2D eigenvalue weighted by Gasteiger charge is -2.09. The molecule has 104 valence electrons. The first-order chi connectivity index (χ1) is 9.52. The van der Waals surface area contributed by atoms with Crippen LogP contribution in [0, 0.1) is 0 Å². The number of aryl methyl sites for hydroxylation is 1. The van der Waals surface area contributed by atoms with E-state index in [1.807, 2.05) is 0 Å². The number of rotatable bonds is 3. The van der Waals surface area contributed by atoms with Crippen LogP contribution < -0.4 is 5.32 Å². The van der Waals surface area contributed by atoms with Crippen molar-refractivity contribution in [2.75, 3.05) is 12.4 Å². The maximum atomic E-state index is 12.2. The van der Waals surface area contributed by atoms with Crippen LogP contribution in [0.5, 0.6) is 0 Å². The van der Waals surface area contributed by atoms with Crippen molar-refractivity contribution in [3.8, 4) is 0 Å². The van der Waals surface area contributed by atoms with Crippen LogP contribution in [-0.2, 0) is 11.8 Å². The molecule has 0 aliphatic rings. The number of aromatic nitrogens is 1. The zero-order valence-corrected chi connectivity index (χ0v) is 11.8. The van der Waals surface area contributed by atoms with Crippen LogP contribution in [0.3, 0.4) is 0 Å². The molecule has 2 aromatic rings. The number of halogens is 1. The van der Waals surface area contributed by atoms with E-state index in [0.29, 0.717) is 22.0 Å². The van der Waals surface area contributed by atoms with Crippen molar-refractivity contribution < 1.29 is 14.3 Å². The molecule has 0 unspecified atom stereocenters. The van der Waals surface area contributed by atoms with Crippen LogP contribution in [0.1, 0.15) is 20.8 Å². The van der Waals surface area contributed by atoms with Crippen molar-refractivity contribution in [3.05, 3.63) is 52.8 Å². The van der Waals surface area contributed by atoms with Crippen LogP contribution in [0.15, 0.2) is 36.5 Å². The second kappa shape index (κ2) is 5.79. The summed E-state index contributed by atoms with van der Waals surface area (Å²) < 4.78 is 6.29. The van der Waals surface area contributed by atoms with E-state index in [-0.39, 0.29) is 5.91 Å². The summed E-state index contributed by atoms with van der Waals surface area (Å²) in [6.45, 7) is 0. The van der Waals surface area contributed by atoms with E-state index in [1.54, 1.807) is 48.1 Å². The van der Waals surface area contributed by atoms with Gasteiger partial charge in [0.1, 0.15) is 5.69 Å². The van der Waals surface area contributed by atoms with Gasteiger partial charge in [-0.25, -0.2) is 4.79 Å². The average molecular weight is 293 g/mol. The Morgan fingerprint density at radius 1 is 1.30 bits per heavy atom. The number of hydrogen-bond donors (Lipinski definition) is 1. The molecule has 0 spiro atoms. The van der Waals surface area contributed by atoms with Gasteiger partial charge in [0.05, 0.1) is 23.4 Å². The summed E-state index contributed by atoms with van der Waals surface area (Å²) >= 11 is 5.84. The highest BCUT2D eigenvalue weighted by Crippen LogP contribution is 2.19. The molecule has 0 radical (unpaired) electrons. The summed E-state index contributed by atoms with van der Waals surface area (Å²) in [5, 5.41) is 3.15. The summed E-state index contributed by atoms with van der Waals surface area (Å²) in [5.41, 5.74) is 1.08. The highest BCUT2D eigenvalue weighted by atomic mass is 35.5. The normalized spacial score (nSPS) is 10.2. The topological polar surface area (TPSA) is 60.3 Å². The lowest BCUT2D eigenvalue weighted by Crippen LogP contribution is -2.17. The molecule has 0 saturated carbocycles. The number of benzene rings is 1. The zero-order chi connectivity index (χ0) is 14.7. The molecule has 0 aliphatic heterocycles. The van der Waals surface area contributed by atoms with Crippen molar-refractivity contribution >= 4 is 29.2 Å². The number of nitrogens with zero attached hydrogens (tertiary/aromatic N) is 1. The monoisotopic (exact) mass is 292 g/mol. The van der Waals surface area contributed by atoms with E-state index >= 15 is 0 Å². The Kier molecular flexibility index (Phi) is 4.10. The first-order valence-electron chi connectivity index (χ1n) is 5.83. The summed E-state index contributed by atoms with van der Waals surface area (Å²) in [7, 11) is 3.00. The third-order valence-corrected chi connectivity index (χ3v) is 2.99. The number of ether oxygens (including phenoxy) is 1. The Morgan fingerprint density at radius 2 is 2.00 bits per heavy atom. The minimum Gasteiger partial charge on any atom is -0.465 e. The molecule has 0 saturated heterocycles.